The Morgan fingerprint density at radius 3 is 2.04 bits per heavy atom. The van der Waals surface area contributed by atoms with Crippen molar-refractivity contribution in [3.8, 4) is 11.5 Å². The van der Waals surface area contributed by atoms with Crippen LogP contribution in [0.15, 0.2) is 144 Å². The average Bonchev–Trinajstić information content (AvgIpc) is 3.15. The van der Waals surface area contributed by atoms with Crippen LogP contribution in [0.5, 0.6) is 11.5 Å². The molecular weight excluding hydrogens is 647 g/mol. The van der Waals surface area contributed by atoms with E-state index in [1.807, 2.05) is 117 Å². The first kappa shape index (κ1) is 35.5. The van der Waals surface area contributed by atoms with Gasteiger partial charge in [-0.25, -0.2) is 0 Å². The van der Waals surface area contributed by atoms with Crippen molar-refractivity contribution in [3.63, 3.8) is 0 Å². The molecule has 0 heterocycles. The van der Waals surface area contributed by atoms with E-state index >= 15 is 0 Å². The lowest BCUT2D eigenvalue weighted by Crippen LogP contribution is -2.30. The van der Waals surface area contributed by atoms with Crippen molar-refractivity contribution < 1.29 is 23.9 Å². The van der Waals surface area contributed by atoms with E-state index in [1.165, 1.54) is 11.8 Å². The Bertz CT molecular complexity index is 1900. The number of benzene rings is 5. The number of hydrogen-bond donors (Lipinski definition) is 3. The van der Waals surface area contributed by atoms with Gasteiger partial charge in [-0.15, -0.1) is 11.8 Å². The molecule has 3 N–H and O–H groups in total. The number of carbonyl (C=O) groups excluding carboxylic acids is 3. The number of hydrogen-bond acceptors (Lipinski definition) is 6. The Morgan fingerprint density at radius 1 is 0.700 bits per heavy atom. The van der Waals surface area contributed by atoms with E-state index in [0.717, 1.165) is 16.2 Å². The van der Waals surface area contributed by atoms with Gasteiger partial charge in [-0.1, -0.05) is 73.7 Å². The molecule has 0 saturated heterocycles. The van der Waals surface area contributed by atoms with Crippen LogP contribution in [0, 0.1) is 0 Å². The van der Waals surface area contributed by atoms with Crippen LogP contribution in [0.3, 0.4) is 0 Å². The standard InChI is InChI=1S/C41H39N3O5S/c1-3-38(41(47)42-32-20-24-34(25-21-32)48-4-2)50-36-17-11-16-33(27-36)43-40(46)37(44-39(45)31-14-9-6-10-15-31)26-29-18-22-35(23-19-29)49-28-30-12-7-5-8-13-30/h5-27,38H,3-4,28H2,1-2H3,(H,42,47)(H,43,46)(H,44,45)/b37-26-. The summed E-state index contributed by atoms with van der Waals surface area (Å²) >= 11 is 1.41. The molecule has 0 aromatic heterocycles. The Morgan fingerprint density at radius 2 is 1.36 bits per heavy atom. The lowest BCUT2D eigenvalue weighted by atomic mass is 10.1. The van der Waals surface area contributed by atoms with Crippen LogP contribution >= 0.6 is 11.8 Å². The van der Waals surface area contributed by atoms with Gasteiger partial charge in [0.05, 0.1) is 11.9 Å². The highest BCUT2D eigenvalue weighted by Crippen LogP contribution is 2.29. The van der Waals surface area contributed by atoms with Crippen molar-refractivity contribution in [3.05, 3.63) is 156 Å². The molecule has 0 radical (unpaired) electrons. The van der Waals surface area contributed by atoms with Crippen LogP contribution in [0.2, 0.25) is 0 Å². The minimum absolute atomic E-state index is 0.0658. The van der Waals surface area contributed by atoms with Gasteiger partial charge in [0.1, 0.15) is 23.8 Å². The zero-order valence-electron chi connectivity index (χ0n) is 27.9. The summed E-state index contributed by atoms with van der Waals surface area (Å²) in [5.74, 6) is 0.384. The summed E-state index contributed by atoms with van der Waals surface area (Å²) in [6.45, 7) is 4.87. The van der Waals surface area contributed by atoms with Crippen LogP contribution in [-0.4, -0.2) is 29.6 Å². The average molecular weight is 686 g/mol. The quantitative estimate of drug-likeness (QED) is 0.0753. The summed E-state index contributed by atoms with van der Waals surface area (Å²) in [5, 5.41) is 8.30. The van der Waals surface area contributed by atoms with Gasteiger partial charge in [0.2, 0.25) is 5.91 Å². The summed E-state index contributed by atoms with van der Waals surface area (Å²) in [7, 11) is 0. The van der Waals surface area contributed by atoms with Crippen LogP contribution in [0.25, 0.3) is 6.08 Å². The molecule has 0 aliphatic heterocycles. The maximum atomic E-state index is 13.7. The maximum absolute atomic E-state index is 13.7. The number of anilines is 2. The highest BCUT2D eigenvalue weighted by Gasteiger charge is 2.20. The van der Waals surface area contributed by atoms with Crippen molar-refractivity contribution in [2.75, 3.05) is 17.2 Å². The number of thioether (sulfide) groups is 1. The second-order valence-corrected chi connectivity index (χ2v) is 12.4. The molecule has 0 fully saturated rings. The Hall–Kier alpha value is -5.80. The number of ether oxygens (including phenoxy) is 2. The fourth-order valence-corrected chi connectivity index (χ4v) is 5.88. The van der Waals surface area contributed by atoms with E-state index in [0.29, 0.717) is 47.9 Å². The third-order valence-corrected chi connectivity index (χ3v) is 8.79. The molecule has 5 rings (SSSR count). The molecule has 0 aliphatic rings. The van der Waals surface area contributed by atoms with Crippen LogP contribution < -0.4 is 25.4 Å². The summed E-state index contributed by atoms with van der Waals surface area (Å²) < 4.78 is 11.4. The molecule has 9 heteroatoms. The van der Waals surface area contributed by atoms with Gasteiger partial charge < -0.3 is 25.4 Å². The zero-order valence-corrected chi connectivity index (χ0v) is 28.7. The predicted molar refractivity (Wildman–Crippen MR) is 200 cm³/mol. The fraction of sp³-hybridized carbons (Fsp3) is 0.146. The minimum Gasteiger partial charge on any atom is -0.494 e. The highest BCUT2D eigenvalue weighted by molar-refractivity contribution is 8.00. The van der Waals surface area contributed by atoms with Gasteiger partial charge in [0.15, 0.2) is 0 Å². The molecule has 1 unspecified atom stereocenters. The van der Waals surface area contributed by atoms with Crippen LogP contribution in [0.1, 0.15) is 41.8 Å². The first-order chi connectivity index (χ1) is 24.4. The van der Waals surface area contributed by atoms with Crippen LogP contribution in [0.4, 0.5) is 11.4 Å². The van der Waals surface area contributed by atoms with E-state index < -0.39 is 11.8 Å². The normalized spacial score (nSPS) is 11.6. The number of carbonyl (C=O) groups is 3. The Labute approximate surface area is 296 Å². The first-order valence-corrected chi connectivity index (χ1v) is 17.2. The summed E-state index contributed by atoms with van der Waals surface area (Å²) in [4.78, 5) is 40.7. The molecule has 0 spiro atoms. The topological polar surface area (TPSA) is 106 Å². The van der Waals surface area contributed by atoms with Crippen molar-refractivity contribution in [1.29, 1.82) is 0 Å². The van der Waals surface area contributed by atoms with E-state index in [1.54, 1.807) is 36.4 Å². The Balaban J connectivity index is 1.28. The minimum atomic E-state index is -0.499. The maximum Gasteiger partial charge on any atom is 0.272 e. The fourth-order valence-electron chi connectivity index (χ4n) is 4.87. The van der Waals surface area contributed by atoms with Gasteiger partial charge >= 0.3 is 0 Å². The van der Waals surface area contributed by atoms with Gasteiger partial charge in [0, 0.05) is 21.8 Å². The third-order valence-electron chi connectivity index (χ3n) is 7.43. The van der Waals surface area contributed by atoms with E-state index in [-0.39, 0.29) is 16.9 Å². The van der Waals surface area contributed by atoms with E-state index in [4.69, 9.17) is 9.47 Å². The second-order valence-electron chi connectivity index (χ2n) is 11.2. The summed E-state index contributed by atoms with van der Waals surface area (Å²) in [5.41, 5.74) is 3.44. The molecular formula is C41H39N3O5S. The molecule has 50 heavy (non-hydrogen) atoms. The molecule has 5 aromatic carbocycles. The van der Waals surface area contributed by atoms with Crippen molar-refractivity contribution >= 4 is 46.9 Å². The molecule has 0 saturated carbocycles. The summed E-state index contributed by atoms with van der Waals surface area (Å²) in [6.07, 6.45) is 2.21. The third kappa shape index (κ3) is 10.6. The lowest BCUT2D eigenvalue weighted by molar-refractivity contribution is -0.116. The molecule has 1 atom stereocenters. The van der Waals surface area contributed by atoms with Gasteiger partial charge in [-0.05, 0) is 97.3 Å². The Kier molecular flexibility index (Phi) is 12.9. The van der Waals surface area contributed by atoms with Gasteiger partial charge in [0.25, 0.3) is 11.8 Å². The smallest absolute Gasteiger partial charge is 0.272 e. The van der Waals surface area contributed by atoms with Crippen molar-refractivity contribution in [2.45, 2.75) is 37.0 Å². The van der Waals surface area contributed by atoms with E-state index in [9.17, 15) is 14.4 Å². The molecule has 5 aromatic rings. The van der Waals surface area contributed by atoms with Crippen molar-refractivity contribution in [1.82, 2.24) is 5.32 Å². The van der Waals surface area contributed by atoms with Gasteiger partial charge in [-0.2, -0.15) is 0 Å². The number of nitrogens with one attached hydrogen (secondary N) is 3. The summed E-state index contributed by atoms with van der Waals surface area (Å²) in [6, 6.07) is 40.4. The molecule has 0 bridgehead atoms. The second kappa shape index (κ2) is 18.1. The zero-order chi connectivity index (χ0) is 35.1. The van der Waals surface area contributed by atoms with Crippen molar-refractivity contribution in [2.24, 2.45) is 0 Å². The molecule has 254 valence electrons. The van der Waals surface area contributed by atoms with Gasteiger partial charge in [-0.3, -0.25) is 14.4 Å². The largest absolute Gasteiger partial charge is 0.494 e. The molecule has 0 aliphatic carbocycles. The first-order valence-electron chi connectivity index (χ1n) is 16.4. The lowest BCUT2D eigenvalue weighted by Gasteiger charge is -2.16. The molecule has 3 amide bonds. The van der Waals surface area contributed by atoms with E-state index in [2.05, 4.69) is 16.0 Å². The van der Waals surface area contributed by atoms with Crippen LogP contribution in [-0.2, 0) is 16.2 Å². The monoisotopic (exact) mass is 685 g/mol. The predicted octanol–water partition coefficient (Wildman–Crippen LogP) is 8.58. The SMILES string of the molecule is CCOc1ccc(NC(=O)C(CC)Sc2cccc(NC(=O)/C(=C/c3ccc(OCc4ccccc4)cc3)NC(=O)c3ccccc3)c2)cc1. The molecule has 8 nitrogen and oxygen atoms in total. The number of rotatable bonds is 15. The highest BCUT2D eigenvalue weighted by atomic mass is 32.2. The number of amides is 3.